The SMILES string of the molecule is CC1C2CCC(C(Oc3ccc(C(F)(F)F)cn3)C2)N1C(=O)c1cccc(F)c1-n1nccn1. The molecule has 4 heterocycles. The van der Waals surface area contributed by atoms with Gasteiger partial charge in [0.2, 0.25) is 5.88 Å². The maximum absolute atomic E-state index is 14.7. The molecule has 4 atom stereocenters. The van der Waals surface area contributed by atoms with Gasteiger partial charge in [-0.25, -0.2) is 9.37 Å². The predicted molar refractivity (Wildman–Crippen MR) is 112 cm³/mol. The van der Waals surface area contributed by atoms with Crippen LogP contribution in [0.4, 0.5) is 17.6 Å². The van der Waals surface area contributed by atoms with Gasteiger partial charge in [0.15, 0.2) is 5.82 Å². The summed E-state index contributed by atoms with van der Waals surface area (Å²) in [5, 5.41) is 7.96. The molecule has 2 aliphatic heterocycles. The van der Waals surface area contributed by atoms with Gasteiger partial charge in [0.25, 0.3) is 5.91 Å². The predicted octanol–water partition coefficient (Wildman–Crippen LogP) is 4.28. The number of piperidine rings is 2. The monoisotopic (exact) mass is 475 g/mol. The number of aromatic nitrogens is 4. The van der Waals surface area contributed by atoms with E-state index in [-0.39, 0.29) is 41.0 Å². The van der Waals surface area contributed by atoms with Gasteiger partial charge in [-0.3, -0.25) is 4.79 Å². The molecule has 2 saturated heterocycles. The van der Waals surface area contributed by atoms with Crippen LogP contribution >= 0.6 is 0 Å². The molecule has 0 N–H and O–H groups in total. The van der Waals surface area contributed by atoms with Crippen molar-refractivity contribution in [1.82, 2.24) is 24.9 Å². The molecule has 6 rings (SSSR count). The van der Waals surface area contributed by atoms with Crippen molar-refractivity contribution in [1.29, 1.82) is 0 Å². The first-order valence-corrected chi connectivity index (χ1v) is 10.9. The van der Waals surface area contributed by atoms with Crippen molar-refractivity contribution < 1.29 is 27.1 Å². The highest BCUT2D eigenvalue weighted by Gasteiger charge is 2.49. The molecule has 0 spiro atoms. The standard InChI is InChI=1S/C23H21F4N5O2/c1-13-14-5-7-18(19(11-14)34-20-8-6-15(12-28-20)23(25,26)27)31(13)22(33)16-3-2-4-17(24)21(16)32-29-9-10-30-32/h2-4,6,8-10,12-14,18-19H,5,7,11H2,1H3. The Bertz CT molecular complexity index is 1180. The molecule has 34 heavy (non-hydrogen) atoms. The average Bonchev–Trinajstić information content (AvgIpc) is 3.33. The van der Waals surface area contributed by atoms with Gasteiger partial charge in [-0.1, -0.05) is 6.07 Å². The lowest BCUT2D eigenvalue weighted by molar-refractivity contribution is -0.137. The summed E-state index contributed by atoms with van der Waals surface area (Å²) in [7, 11) is 0. The molecule has 3 aromatic rings. The number of nitrogens with zero attached hydrogens (tertiary/aromatic N) is 5. The number of carbonyl (C=O) groups is 1. The van der Waals surface area contributed by atoms with Crippen molar-refractivity contribution in [3.05, 3.63) is 65.9 Å². The average molecular weight is 475 g/mol. The van der Waals surface area contributed by atoms with E-state index in [2.05, 4.69) is 15.2 Å². The maximum Gasteiger partial charge on any atom is 0.417 e. The Hall–Kier alpha value is -3.50. The Kier molecular flexibility index (Phi) is 5.49. The van der Waals surface area contributed by atoms with E-state index < -0.39 is 23.7 Å². The minimum Gasteiger partial charge on any atom is -0.472 e. The van der Waals surface area contributed by atoms with Crippen molar-refractivity contribution >= 4 is 5.91 Å². The molecule has 11 heteroatoms. The number of amides is 1. The summed E-state index contributed by atoms with van der Waals surface area (Å²) in [5.41, 5.74) is -0.767. The second-order valence-corrected chi connectivity index (χ2v) is 8.59. The Balaban J connectivity index is 1.43. The number of ether oxygens (including phenoxy) is 1. The third-order valence-corrected chi connectivity index (χ3v) is 6.68. The van der Waals surface area contributed by atoms with Gasteiger partial charge < -0.3 is 9.64 Å². The van der Waals surface area contributed by atoms with Gasteiger partial charge in [0.05, 0.1) is 29.6 Å². The fourth-order valence-corrected chi connectivity index (χ4v) is 5.03. The minimum atomic E-state index is -4.49. The van der Waals surface area contributed by atoms with Crippen LogP contribution in [0, 0.1) is 11.7 Å². The first-order valence-electron chi connectivity index (χ1n) is 10.9. The summed E-state index contributed by atoms with van der Waals surface area (Å²) < 4.78 is 59.2. The molecule has 1 saturated carbocycles. The van der Waals surface area contributed by atoms with Crippen LogP contribution in [0.5, 0.6) is 5.88 Å². The highest BCUT2D eigenvalue weighted by atomic mass is 19.4. The molecule has 178 valence electrons. The van der Waals surface area contributed by atoms with Crippen LogP contribution in [0.1, 0.15) is 42.1 Å². The number of halogens is 4. The molecule has 4 unspecified atom stereocenters. The number of hydrogen-bond donors (Lipinski definition) is 0. The number of para-hydroxylation sites is 1. The van der Waals surface area contributed by atoms with Crippen molar-refractivity contribution in [2.24, 2.45) is 5.92 Å². The Morgan fingerprint density at radius 2 is 1.88 bits per heavy atom. The lowest BCUT2D eigenvalue weighted by Crippen LogP contribution is -2.63. The zero-order valence-electron chi connectivity index (χ0n) is 18.1. The van der Waals surface area contributed by atoms with Crippen molar-refractivity contribution in [2.75, 3.05) is 0 Å². The number of benzene rings is 1. The smallest absolute Gasteiger partial charge is 0.417 e. The van der Waals surface area contributed by atoms with Crippen LogP contribution in [-0.4, -0.2) is 49.0 Å². The van der Waals surface area contributed by atoms with Gasteiger partial charge in [0.1, 0.15) is 11.8 Å². The summed E-state index contributed by atoms with van der Waals surface area (Å²) in [6.45, 7) is 1.95. The molecule has 2 aromatic heterocycles. The van der Waals surface area contributed by atoms with E-state index in [9.17, 15) is 22.4 Å². The van der Waals surface area contributed by atoms with Gasteiger partial charge >= 0.3 is 6.18 Å². The van der Waals surface area contributed by atoms with Gasteiger partial charge in [0, 0.05) is 18.3 Å². The third-order valence-electron chi connectivity index (χ3n) is 6.68. The van der Waals surface area contributed by atoms with E-state index in [1.165, 1.54) is 36.7 Å². The number of rotatable bonds is 4. The lowest BCUT2D eigenvalue weighted by Gasteiger charge is -2.53. The summed E-state index contributed by atoms with van der Waals surface area (Å²) in [4.78, 5) is 20.3. The quantitative estimate of drug-likeness (QED) is 0.527. The second kappa shape index (κ2) is 8.37. The number of carbonyl (C=O) groups excluding carboxylic acids is 1. The Morgan fingerprint density at radius 1 is 1.12 bits per heavy atom. The molecule has 1 amide bonds. The van der Waals surface area contributed by atoms with E-state index in [0.29, 0.717) is 12.8 Å². The van der Waals surface area contributed by atoms with Crippen LogP contribution < -0.4 is 4.74 Å². The summed E-state index contributed by atoms with van der Waals surface area (Å²) in [5.74, 6) is -0.799. The van der Waals surface area contributed by atoms with Crippen molar-refractivity contribution in [3.8, 4) is 11.6 Å². The summed E-state index contributed by atoms with van der Waals surface area (Å²) in [6.07, 6.45) is 0.805. The van der Waals surface area contributed by atoms with E-state index in [0.717, 1.165) is 23.5 Å². The Morgan fingerprint density at radius 3 is 2.56 bits per heavy atom. The zero-order valence-corrected chi connectivity index (χ0v) is 18.1. The van der Waals surface area contributed by atoms with E-state index in [1.807, 2.05) is 6.92 Å². The largest absolute Gasteiger partial charge is 0.472 e. The lowest BCUT2D eigenvalue weighted by atomic mass is 9.73. The van der Waals surface area contributed by atoms with E-state index in [4.69, 9.17) is 4.74 Å². The number of fused-ring (bicyclic) bond motifs is 3. The second-order valence-electron chi connectivity index (χ2n) is 8.59. The fourth-order valence-electron chi connectivity index (χ4n) is 5.03. The molecule has 3 aliphatic rings. The molecular weight excluding hydrogens is 454 g/mol. The van der Waals surface area contributed by atoms with E-state index >= 15 is 0 Å². The van der Waals surface area contributed by atoms with Crippen LogP contribution in [0.25, 0.3) is 5.69 Å². The molecule has 2 bridgehead atoms. The topological polar surface area (TPSA) is 73.1 Å². The van der Waals surface area contributed by atoms with Crippen molar-refractivity contribution in [3.63, 3.8) is 0 Å². The van der Waals surface area contributed by atoms with Crippen LogP contribution in [0.2, 0.25) is 0 Å². The maximum atomic E-state index is 14.7. The summed E-state index contributed by atoms with van der Waals surface area (Å²) >= 11 is 0. The molecular formula is C23H21F4N5O2. The minimum absolute atomic E-state index is 0.0342. The van der Waals surface area contributed by atoms with Crippen LogP contribution in [-0.2, 0) is 6.18 Å². The van der Waals surface area contributed by atoms with Gasteiger partial charge in [-0.15, -0.1) is 4.80 Å². The van der Waals surface area contributed by atoms with E-state index in [1.54, 1.807) is 4.90 Å². The molecule has 0 radical (unpaired) electrons. The van der Waals surface area contributed by atoms with Crippen LogP contribution in [0.15, 0.2) is 48.9 Å². The number of hydrogen-bond acceptors (Lipinski definition) is 5. The normalized spacial score (nSPS) is 24.3. The first-order chi connectivity index (χ1) is 16.2. The van der Waals surface area contributed by atoms with Crippen molar-refractivity contribution in [2.45, 2.75) is 50.6 Å². The van der Waals surface area contributed by atoms with Crippen LogP contribution in [0.3, 0.4) is 0 Å². The molecule has 1 aromatic carbocycles. The van der Waals surface area contributed by atoms with Gasteiger partial charge in [-0.2, -0.15) is 23.4 Å². The summed E-state index contributed by atoms with van der Waals surface area (Å²) in [6, 6.07) is 5.89. The fraction of sp³-hybridized carbons (Fsp3) is 0.391. The highest BCUT2D eigenvalue weighted by Crippen LogP contribution is 2.42. The molecule has 3 fully saturated rings. The number of pyridine rings is 1. The Labute approximate surface area is 192 Å². The molecule has 7 nitrogen and oxygen atoms in total. The highest BCUT2D eigenvalue weighted by molar-refractivity contribution is 5.98. The number of alkyl halides is 3. The van der Waals surface area contributed by atoms with Gasteiger partial charge in [-0.05, 0) is 50.3 Å². The molecule has 1 aliphatic carbocycles. The zero-order chi connectivity index (χ0) is 24.0. The first kappa shape index (κ1) is 22.3. The third kappa shape index (κ3) is 3.88.